The molecule has 1 amide bonds. The molecule has 2 aromatic rings. The minimum Gasteiger partial charge on any atom is -0.314 e. The molecule has 3 aliphatic rings. The van der Waals surface area contributed by atoms with Gasteiger partial charge in [0.15, 0.2) is 0 Å². The highest BCUT2D eigenvalue weighted by Gasteiger charge is 2.40. The number of aliphatic imine (C=N–C) groups is 1. The van der Waals surface area contributed by atoms with Crippen LogP contribution in [0.4, 0.5) is 0 Å². The van der Waals surface area contributed by atoms with Crippen LogP contribution >= 0.6 is 15.9 Å². The van der Waals surface area contributed by atoms with E-state index in [1.54, 1.807) is 0 Å². The van der Waals surface area contributed by atoms with Gasteiger partial charge in [-0.05, 0) is 23.3 Å². The highest BCUT2D eigenvalue weighted by Crippen LogP contribution is 2.32. The van der Waals surface area contributed by atoms with E-state index in [4.69, 9.17) is 0 Å². The average molecular weight is 451 g/mol. The van der Waals surface area contributed by atoms with Gasteiger partial charge in [-0.3, -0.25) is 19.6 Å². The molecule has 0 saturated heterocycles. The lowest BCUT2D eigenvalue weighted by molar-refractivity contribution is -0.125. The van der Waals surface area contributed by atoms with Gasteiger partial charge in [-0.1, -0.05) is 58.4 Å². The summed E-state index contributed by atoms with van der Waals surface area (Å²) in [6.45, 7) is 4.72. The molecule has 6 heteroatoms. The quantitative estimate of drug-likeness (QED) is 0.713. The number of guanidine groups is 1. The zero-order valence-electron chi connectivity index (χ0n) is 16.2. The van der Waals surface area contributed by atoms with Crippen LogP contribution in [0.25, 0.3) is 0 Å². The molecule has 0 unspecified atom stereocenters. The van der Waals surface area contributed by atoms with Crippen LogP contribution in [0.3, 0.4) is 0 Å². The summed E-state index contributed by atoms with van der Waals surface area (Å²) in [5, 5.41) is 0. The van der Waals surface area contributed by atoms with Crippen molar-refractivity contribution < 1.29 is 4.79 Å². The number of carbonyl (C=O) groups is 1. The number of fused-ring (bicyclic) bond motifs is 2. The molecule has 2 aromatic carbocycles. The largest absolute Gasteiger partial charge is 0.314 e. The van der Waals surface area contributed by atoms with Crippen LogP contribution < -0.4 is 0 Å². The molecule has 0 atom stereocenters. The predicted octanol–water partition coefficient (Wildman–Crippen LogP) is 3.62. The SMILES string of the molecule is O=C1C2=C(CCN(Cc3ccccc3)C2)N2CCN=C2N1Cc1ccc(Br)cc1. The van der Waals surface area contributed by atoms with Crippen molar-refractivity contribution in [1.82, 2.24) is 14.7 Å². The summed E-state index contributed by atoms with van der Waals surface area (Å²) in [6, 6.07) is 18.6. The van der Waals surface area contributed by atoms with Crippen molar-refractivity contribution in [3.05, 3.63) is 81.5 Å². The molecule has 0 aromatic heterocycles. The second-order valence-electron chi connectivity index (χ2n) is 7.72. The van der Waals surface area contributed by atoms with Crippen LogP contribution in [0, 0.1) is 0 Å². The number of hydrogen-bond acceptors (Lipinski definition) is 4. The van der Waals surface area contributed by atoms with Gasteiger partial charge in [-0.25, -0.2) is 0 Å². The molecule has 0 aliphatic carbocycles. The van der Waals surface area contributed by atoms with E-state index in [1.807, 2.05) is 23.1 Å². The topological polar surface area (TPSA) is 39.2 Å². The third-order valence-corrected chi connectivity index (χ3v) is 6.32. The Morgan fingerprint density at radius 1 is 0.931 bits per heavy atom. The second kappa shape index (κ2) is 7.76. The molecule has 29 heavy (non-hydrogen) atoms. The van der Waals surface area contributed by atoms with Gasteiger partial charge in [0.2, 0.25) is 5.96 Å². The summed E-state index contributed by atoms with van der Waals surface area (Å²) in [7, 11) is 0. The Morgan fingerprint density at radius 3 is 2.48 bits per heavy atom. The first-order valence-electron chi connectivity index (χ1n) is 10.1. The zero-order chi connectivity index (χ0) is 19.8. The fraction of sp³-hybridized carbons (Fsp3) is 0.304. The number of nitrogens with zero attached hydrogens (tertiary/aromatic N) is 4. The van der Waals surface area contributed by atoms with Crippen molar-refractivity contribution >= 4 is 27.8 Å². The van der Waals surface area contributed by atoms with Gasteiger partial charge in [0, 0.05) is 42.8 Å². The molecule has 3 aliphatic heterocycles. The summed E-state index contributed by atoms with van der Waals surface area (Å²) in [5.41, 5.74) is 4.51. The normalized spacial score (nSPS) is 19.3. The third kappa shape index (κ3) is 3.63. The van der Waals surface area contributed by atoms with Crippen LogP contribution in [0.15, 0.2) is 75.3 Å². The molecule has 148 valence electrons. The van der Waals surface area contributed by atoms with Gasteiger partial charge >= 0.3 is 0 Å². The van der Waals surface area contributed by atoms with E-state index in [9.17, 15) is 4.79 Å². The minimum atomic E-state index is 0.109. The number of rotatable bonds is 4. The summed E-state index contributed by atoms with van der Waals surface area (Å²) < 4.78 is 1.04. The number of amides is 1. The molecule has 0 saturated carbocycles. The average Bonchev–Trinajstić information content (AvgIpc) is 3.23. The standard InChI is InChI=1S/C23H23BrN4O/c24-19-8-6-18(7-9-19)15-28-22(29)20-16-26(14-17-4-2-1-3-5-17)12-10-21(20)27-13-11-25-23(27)28/h1-9H,10-16H2. The molecular weight excluding hydrogens is 428 g/mol. The van der Waals surface area contributed by atoms with Gasteiger partial charge in [-0.2, -0.15) is 0 Å². The lowest BCUT2D eigenvalue weighted by atomic mass is 10.00. The summed E-state index contributed by atoms with van der Waals surface area (Å²) >= 11 is 3.48. The van der Waals surface area contributed by atoms with Crippen LogP contribution in [-0.4, -0.2) is 52.7 Å². The van der Waals surface area contributed by atoms with Crippen molar-refractivity contribution in [3.8, 4) is 0 Å². The first-order valence-corrected chi connectivity index (χ1v) is 10.8. The van der Waals surface area contributed by atoms with Gasteiger partial charge in [0.25, 0.3) is 5.91 Å². The van der Waals surface area contributed by atoms with Gasteiger partial charge in [0.05, 0.1) is 18.7 Å². The lowest BCUT2D eigenvalue weighted by Crippen LogP contribution is -2.53. The first kappa shape index (κ1) is 18.6. The fourth-order valence-corrected chi connectivity index (χ4v) is 4.63. The van der Waals surface area contributed by atoms with E-state index in [2.05, 4.69) is 67.1 Å². The smallest absolute Gasteiger partial charge is 0.259 e. The Morgan fingerprint density at radius 2 is 1.69 bits per heavy atom. The Kier molecular flexibility index (Phi) is 4.97. The minimum absolute atomic E-state index is 0.109. The van der Waals surface area contributed by atoms with E-state index in [0.717, 1.165) is 54.2 Å². The van der Waals surface area contributed by atoms with E-state index in [-0.39, 0.29) is 5.91 Å². The van der Waals surface area contributed by atoms with Crippen molar-refractivity contribution in [2.75, 3.05) is 26.2 Å². The predicted molar refractivity (Wildman–Crippen MR) is 117 cm³/mol. The third-order valence-electron chi connectivity index (χ3n) is 5.79. The summed E-state index contributed by atoms with van der Waals surface area (Å²) in [4.78, 5) is 24.7. The molecule has 0 radical (unpaired) electrons. The summed E-state index contributed by atoms with van der Waals surface area (Å²) in [6.07, 6.45) is 0.902. The Bertz CT molecular complexity index is 984. The molecule has 0 fully saturated rings. The van der Waals surface area contributed by atoms with E-state index >= 15 is 0 Å². The van der Waals surface area contributed by atoms with Crippen molar-refractivity contribution in [3.63, 3.8) is 0 Å². The zero-order valence-corrected chi connectivity index (χ0v) is 17.8. The molecule has 0 spiro atoms. The maximum absolute atomic E-state index is 13.5. The molecule has 3 heterocycles. The lowest BCUT2D eigenvalue weighted by Gasteiger charge is -2.42. The van der Waals surface area contributed by atoms with Gasteiger partial charge < -0.3 is 4.90 Å². The number of hydrogen-bond donors (Lipinski definition) is 0. The summed E-state index contributed by atoms with van der Waals surface area (Å²) in [5.74, 6) is 0.936. The Labute approximate surface area is 179 Å². The van der Waals surface area contributed by atoms with Crippen LogP contribution in [0.5, 0.6) is 0 Å². The van der Waals surface area contributed by atoms with Crippen molar-refractivity contribution in [2.45, 2.75) is 19.5 Å². The fourth-order valence-electron chi connectivity index (χ4n) is 4.37. The Hall–Kier alpha value is -2.44. The van der Waals surface area contributed by atoms with Crippen molar-refractivity contribution in [1.29, 1.82) is 0 Å². The molecule has 0 bridgehead atoms. The van der Waals surface area contributed by atoms with Crippen LogP contribution in [0.2, 0.25) is 0 Å². The maximum Gasteiger partial charge on any atom is 0.259 e. The van der Waals surface area contributed by atoms with Crippen LogP contribution in [-0.2, 0) is 17.9 Å². The maximum atomic E-state index is 13.5. The Balaban J connectivity index is 1.40. The van der Waals surface area contributed by atoms with Crippen LogP contribution in [0.1, 0.15) is 17.5 Å². The molecule has 5 rings (SSSR count). The van der Waals surface area contributed by atoms with Gasteiger partial charge in [-0.15, -0.1) is 0 Å². The number of halogens is 1. The number of carbonyl (C=O) groups excluding carboxylic acids is 1. The van der Waals surface area contributed by atoms with Gasteiger partial charge in [0.1, 0.15) is 0 Å². The highest BCUT2D eigenvalue weighted by atomic mass is 79.9. The van der Waals surface area contributed by atoms with E-state index in [0.29, 0.717) is 13.1 Å². The molecule has 0 N–H and O–H groups in total. The van der Waals surface area contributed by atoms with Crippen molar-refractivity contribution in [2.24, 2.45) is 4.99 Å². The van der Waals surface area contributed by atoms with E-state index < -0.39 is 0 Å². The number of benzene rings is 2. The molecule has 5 nitrogen and oxygen atoms in total. The van der Waals surface area contributed by atoms with E-state index in [1.165, 1.54) is 11.3 Å². The second-order valence-corrected chi connectivity index (χ2v) is 8.64. The highest BCUT2D eigenvalue weighted by molar-refractivity contribution is 9.10. The molecular formula is C23H23BrN4O. The monoisotopic (exact) mass is 450 g/mol. The first-order chi connectivity index (χ1) is 14.2.